The topological polar surface area (TPSA) is 49.4 Å². The molecule has 2 amide bonds. The van der Waals surface area contributed by atoms with Crippen molar-refractivity contribution in [2.24, 2.45) is 0 Å². The van der Waals surface area contributed by atoms with Gasteiger partial charge in [-0.2, -0.15) is 0 Å². The van der Waals surface area contributed by atoms with Gasteiger partial charge in [0.15, 0.2) is 0 Å². The second-order valence-corrected chi connectivity index (χ2v) is 8.36. The first kappa shape index (κ1) is 23.9. The normalized spacial score (nSPS) is 12.9. The molecule has 0 saturated heterocycles. The van der Waals surface area contributed by atoms with Crippen LogP contribution in [0.25, 0.3) is 0 Å². The van der Waals surface area contributed by atoms with E-state index in [9.17, 15) is 9.59 Å². The SMILES string of the molecule is CC[C@H](C(=O)N[C@@H](C)CC)N(Cc1ccccc1Cl)C(=O)Cc1ccc(C)c(C)c1. The molecular formula is C25H33ClN2O2. The number of aryl methyl sites for hydroxylation is 2. The third-order valence-electron chi connectivity index (χ3n) is 5.61. The molecule has 0 heterocycles. The zero-order valence-electron chi connectivity index (χ0n) is 18.7. The third-order valence-corrected chi connectivity index (χ3v) is 5.98. The molecule has 162 valence electrons. The number of hydrogen-bond donors (Lipinski definition) is 1. The first-order chi connectivity index (χ1) is 14.3. The number of halogens is 1. The van der Waals surface area contributed by atoms with E-state index in [1.165, 1.54) is 5.56 Å². The van der Waals surface area contributed by atoms with Crippen LogP contribution in [0, 0.1) is 13.8 Å². The minimum atomic E-state index is -0.547. The molecule has 2 aromatic carbocycles. The Bertz CT molecular complexity index is 881. The summed E-state index contributed by atoms with van der Waals surface area (Å²) in [6, 6.07) is 13.0. The van der Waals surface area contributed by atoms with Crippen molar-refractivity contribution in [2.75, 3.05) is 0 Å². The van der Waals surface area contributed by atoms with Crippen LogP contribution in [0.15, 0.2) is 42.5 Å². The van der Waals surface area contributed by atoms with E-state index in [-0.39, 0.29) is 24.3 Å². The van der Waals surface area contributed by atoms with Gasteiger partial charge in [-0.15, -0.1) is 0 Å². The molecule has 0 fully saturated rings. The van der Waals surface area contributed by atoms with Crippen molar-refractivity contribution in [3.05, 3.63) is 69.7 Å². The Balaban J connectivity index is 2.33. The van der Waals surface area contributed by atoms with Crippen LogP contribution < -0.4 is 5.32 Å². The van der Waals surface area contributed by atoms with Crippen LogP contribution in [0.4, 0.5) is 0 Å². The molecule has 4 nitrogen and oxygen atoms in total. The average Bonchev–Trinajstić information content (AvgIpc) is 2.71. The molecule has 2 aromatic rings. The molecule has 0 saturated carbocycles. The van der Waals surface area contributed by atoms with Crippen LogP contribution in [0.3, 0.4) is 0 Å². The second kappa shape index (κ2) is 11.2. The smallest absolute Gasteiger partial charge is 0.243 e. The van der Waals surface area contributed by atoms with E-state index in [0.29, 0.717) is 18.0 Å². The molecule has 0 spiro atoms. The van der Waals surface area contributed by atoms with Gasteiger partial charge in [0.25, 0.3) is 0 Å². The Morgan fingerprint density at radius 2 is 1.73 bits per heavy atom. The molecule has 2 rings (SSSR count). The summed E-state index contributed by atoms with van der Waals surface area (Å²) in [5.41, 5.74) is 4.13. The van der Waals surface area contributed by atoms with Crippen LogP contribution >= 0.6 is 11.6 Å². The van der Waals surface area contributed by atoms with E-state index in [4.69, 9.17) is 11.6 Å². The van der Waals surface area contributed by atoms with Crippen molar-refractivity contribution in [1.82, 2.24) is 10.2 Å². The fourth-order valence-corrected chi connectivity index (χ4v) is 3.56. The summed E-state index contributed by atoms with van der Waals surface area (Å²) in [7, 11) is 0. The van der Waals surface area contributed by atoms with Gasteiger partial charge in [-0.3, -0.25) is 9.59 Å². The number of amides is 2. The lowest BCUT2D eigenvalue weighted by Gasteiger charge is -2.32. The lowest BCUT2D eigenvalue weighted by Crippen LogP contribution is -2.51. The molecule has 5 heteroatoms. The predicted octanol–water partition coefficient (Wildman–Crippen LogP) is 5.22. The summed E-state index contributed by atoms with van der Waals surface area (Å²) in [4.78, 5) is 28.0. The summed E-state index contributed by atoms with van der Waals surface area (Å²) in [6.07, 6.45) is 1.62. The molecule has 0 aliphatic carbocycles. The first-order valence-corrected chi connectivity index (χ1v) is 11.0. The van der Waals surface area contributed by atoms with E-state index in [0.717, 1.165) is 23.1 Å². The molecule has 0 bridgehead atoms. The van der Waals surface area contributed by atoms with E-state index in [1.54, 1.807) is 4.90 Å². The number of benzene rings is 2. The number of rotatable bonds is 9. The molecule has 0 aliphatic rings. The van der Waals surface area contributed by atoms with Gasteiger partial charge in [0, 0.05) is 17.6 Å². The Hall–Kier alpha value is -2.33. The largest absolute Gasteiger partial charge is 0.352 e. The first-order valence-electron chi connectivity index (χ1n) is 10.7. The summed E-state index contributed by atoms with van der Waals surface area (Å²) in [5, 5.41) is 3.63. The molecular weight excluding hydrogens is 396 g/mol. The van der Waals surface area contributed by atoms with Crippen LogP contribution in [0.1, 0.15) is 55.9 Å². The van der Waals surface area contributed by atoms with Gasteiger partial charge in [0.2, 0.25) is 11.8 Å². The van der Waals surface area contributed by atoms with Gasteiger partial charge >= 0.3 is 0 Å². The Morgan fingerprint density at radius 1 is 1.03 bits per heavy atom. The van der Waals surface area contributed by atoms with Crippen LogP contribution in [-0.2, 0) is 22.6 Å². The highest BCUT2D eigenvalue weighted by atomic mass is 35.5. The molecule has 30 heavy (non-hydrogen) atoms. The second-order valence-electron chi connectivity index (χ2n) is 7.95. The van der Waals surface area contributed by atoms with E-state index in [1.807, 2.05) is 70.2 Å². The van der Waals surface area contributed by atoms with Crippen molar-refractivity contribution < 1.29 is 9.59 Å². The maximum absolute atomic E-state index is 13.4. The lowest BCUT2D eigenvalue weighted by atomic mass is 10.0. The summed E-state index contributed by atoms with van der Waals surface area (Å²) >= 11 is 6.37. The Kier molecular flexibility index (Phi) is 8.91. The van der Waals surface area contributed by atoms with Gasteiger partial charge in [-0.1, -0.05) is 61.8 Å². The maximum atomic E-state index is 13.4. The van der Waals surface area contributed by atoms with Crippen molar-refractivity contribution in [3.63, 3.8) is 0 Å². The molecule has 0 aromatic heterocycles. The number of nitrogens with one attached hydrogen (secondary N) is 1. The fourth-order valence-electron chi connectivity index (χ4n) is 3.36. The number of nitrogens with zero attached hydrogens (tertiary/aromatic N) is 1. The summed E-state index contributed by atoms with van der Waals surface area (Å²) in [5.74, 6) is -0.198. The highest BCUT2D eigenvalue weighted by Crippen LogP contribution is 2.21. The zero-order chi connectivity index (χ0) is 22.3. The average molecular weight is 429 g/mol. The van der Waals surface area contributed by atoms with Crippen molar-refractivity contribution in [3.8, 4) is 0 Å². The minimum Gasteiger partial charge on any atom is -0.352 e. The Labute approximate surface area is 185 Å². The van der Waals surface area contributed by atoms with Gasteiger partial charge in [0.1, 0.15) is 6.04 Å². The number of carbonyl (C=O) groups is 2. The van der Waals surface area contributed by atoms with Gasteiger partial charge in [-0.25, -0.2) is 0 Å². The van der Waals surface area contributed by atoms with Gasteiger partial charge in [0.05, 0.1) is 6.42 Å². The lowest BCUT2D eigenvalue weighted by molar-refractivity contribution is -0.141. The summed E-state index contributed by atoms with van der Waals surface area (Å²) in [6.45, 7) is 10.3. The van der Waals surface area contributed by atoms with E-state index in [2.05, 4.69) is 12.2 Å². The van der Waals surface area contributed by atoms with Crippen LogP contribution in [-0.4, -0.2) is 28.8 Å². The zero-order valence-corrected chi connectivity index (χ0v) is 19.4. The number of carbonyl (C=O) groups excluding carboxylic acids is 2. The summed E-state index contributed by atoms with van der Waals surface area (Å²) < 4.78 is 0. The standard InChI is InChI=1S/C25H33ClN2O2/c1-6-19(5)27-25(30)23(7-2)28(16-21-10-8-9-11-22(21)26)24(29)15-20-13-12-17(3)18(4)14-20/h8-14,19,23H,6-7,15-16H2,1-5H3,(H,27,30)/t19-,23+/m0/s1. The van der Waals surface area contributed by atoms with Crippen molar-refractivity contribution in [2.45, 2.75) is 72.5 Å². The maximum Gasteiger partial charge on any atom is 0.243 e. The molecule has 0 unspecified atom stereocenters. The molecule has 2 atom stereocenters. The quantitative estimate of drug-likeness (QED) is 0.595. The van der Waals surface area contributed by atoms with Crippen molar-refractivity contribution >= 4 is 23.4 Å². The molecule has 1 N–H and O–H groups in total. The third kappa shape index (κ3) is 6.33. The monoisotopic (exact) mass is 428 g/mol. The highest BCUT2D eigenvalue weighted by molar-refractivity contribution is 6.31. The predicted molar refractivity (Wildman–Crippen MR) is 124 cm³/mol. The van der Waals surface area contributed by atoms with Crippen molar-refractivity contribution in [1.29, 1.82) is 0 Å². The van der Waals surface area contributed by atoms with E-state index >= 15 is 0 Å². The van der Waals surface area contributed by atoms with Crippen LogP contribution in [0.5, 0.6) is 0 Å². The number of hydrogen-bond acceptors (Lipinski definition) is 2. The minimum absolute atomic E-state index is 0.0589. The van der Waals surface area contributed by atoms with E-state index < -0.39 is 6.04 Å². The Morgan fingerprint density at radius 3 is 2.33 bits per heavy atom. The molecule has 0 radical (unpaired) electrons. The highest BCUT2D eigenvalue weighted by Gasteiger charge is 2.29. The van der Waals surface area contributed by atoms with Gasteiger partial charge in [-0.05, 0) is 61.9 Å². The van der Waals surface area contributed by atoms with Gasteiger partial charge < -0.3 is 10.2 Å². The van der Waals surface area contributed by atoms with Crippen LogP contribution in [0.2, 0.25) is 5.02 Å². The fraction of sp³-hybridized carbons (Fsp3) is 0.440. The molecule has 0 aliphatic heterocycles.